The van der Waals surface area contributed by atoms with Crippen LogP contribution < -0.4 is 0 Å². The Morgan fingerprint density at radius 2 is 2.00 bits per heavy atom. The van der Waals surface area contributed by atoms with Crippen LogP contribution in [0.4, 0.5) is 0 Å². The molecule has 1 aliphatic heterocycles. The Labute approximate surface area is 157 Å². The number of aliphatic carboxylic acids is 1. The number of likely N-dealkylation sites (N-methyl/N-ethyl adjacent to an activating group) is 1. The van der Waals surface area contributed by atoms with Crippen LogP contribution in [0.2, 0.25) is 0 Å². The molecule has 2 amide bonds. The number of amides is 2. The zero-order valence-corrected chi connectivity index (χ0v) is 15.1. The van der Waals surface area contributed by atoms with E-state index in [1.54, 1.807) is 17.9 Å². The maximum atomic E-state index is 12.8. The number of carbonyl (C=O) groups is 3. The standard InChI is InChI=1S/C19H22N4O4/c1-21(12-17(24)22-9-5-6-14(11-22)19(26)27)18(25)16-10-20-13-23(16)15-7-3-2-4-8-15/h2-4,7-8,10,13-14H,5-6,9,11-12H2,1H3,(H,26,27). The number of hydrogen-bond donors (Lipinski definition) is 1. The van der Waals surface area contributed by atoms with Gasteiger partial charge >= 0.3 is 5.97 Å². The fraction of sp³-hybridized carbons (Fsp3) is 0.368. The summed E-state index contributed by atoms with van der Waals surface area (Å²) in [6, 6.07) is 9.35. The number of carbonyl (C=O) groups excluding carboxylic acids is 2. The molecule has 1 aromatic heterocycles. The van der Waals surface area contributed by atoms with Crippen molar-refractivity contribution in [3.8, 4) is 5.69 Å². The number of hydrogen-bond acceptors (Lipinski definition) is 4. The molecular formula is C19H22N4O4. The normalized spacial score (nSPS) is 16.8. The average molecular weight is 370 g/mol. The highest BCUT2D eigenvalue weighted by atomic mass is 16.4. The molecule has 0 bridgehead atoms. The summed E-state index contributed by atoms with van der Waals surface area (Å²) >= 11 is 0. The molecule has 1 unspecified atom stereocenters. The zero-order chi connectivity index (χ0) is 19.4. The molecule has 27 heavy (non-hydrogen) atoms. The van der Waals surface area contributed by atoms with Gasteiger partial charge in [-0.15, -0.1) is 0 Å². The SMILES string of the molecule is CN(CC(=O)N1CCCC(C(=O)O)C1)C(=O)c1cncn1-c1ccccc1. The lowest BCUT2D eigenvalue weighted by atomic mass is 9.98. The number of carboxylic acids is 1. The van der Waals surface area contributed by atoms with E-state index < -0.39 is 11.9 Å². The Morgan fingerprint density at radius 3 is 2.70 bits per heavy atom. The molecule has 0 aliphatic carbocycles. The van der Waals surface area contributed by atoms with Gasteiger partial charge in [-0.1, -0.05) is 18.2 Å². The van der Waals surface area contributed by atoms with Gasteiger partial charge in [-0.05, 0) is 25.0 Å². The predicted octanol–water partition coefficient (Wildman–Crippen LogP) is 1.27. The molecular weight excluding hydrogens is 348 g/mol. The van der Waals surface area contributed by atoms with Gasteiger partial charge in [-0.3, -0.25) is 19.0 Å². The fourth-order valence-electron chi connectivity index (χ4n) is 3.22. The number of carboxylic acid groups (broad SMARTS) is 1. The number of imidazole rings is 1. The lowest BCUT2D eigenvalue weighted by molar-refractivity contribution is -0.145. The maximum absolute atomic E-state index is 12.8. The van der Waals surface area contributed by atoms with E-state index in [9.17, 15) is 14.4 Å². The molecule has 1 aromatic carbocycles. The van der Waals surface area contributed by atoms with E-state index in [1.807, 2.05) is 30.3 Å². The van der Waals surface area contributed by atoms with Crippen LogP contribution in [-0.4, -0.2) is 68.9 Å². The third kappa shape index (κ3) is 4.16. The molecule has 2 heterocycles. The van der Waals surface area contributed by atoms with Crippen LogP contribution in [0.1, 0.15) is 23.3 Å². The molecule has 1 aliphatic rings. The van der Waals surface area contributed by atoms with Crippen LogP contribution in [0.5, 0.6) is 0 Å². The lowest BCUT2D eigenvalue weighted by Gasteiger charge is -2.32. The van der Waals surface area contributed by atoms with E-state index in [1.165, 1.54) is 16.0 Å². The summed E-state index contributed by atoms with van der Waals surface area (Å²) in [6.45, 7) is 0.607. The third-order valence-electron chi connectivity index (χ3n) is 4.73. The number of nitrogens with zero attached hydrogens (tertiary/aromatic N) is 4. The molecule has 8 nitrogen and oxygen atoms in total. The van der Waals surface area contributed by atoms with Gasteiger partial charge in [0.1, 0.15) is 5.69 Å². The molecule has 1 fully saturated rings. The van der Waals surface area contributed by atoms with E-state index in [2.05, 4.69) is 4.98 Å². The Kier molecular flexibility index (Phi) is 5.54. The molecule has 142 valence electrons. The van der Waals surface area contributed by atoms with E-state index in [0.29, 0.717) is 25.1 Å². The average Bonchev–Trinajstić information content (AvgIpc) is 3.17. The summed E-state index contributed by atoms with van der Waals surface area (Å²) in [5, 5.41) is 9.16. The van der Waals surface area contributed by atoms with E-state index >= 15 is 0 Å². The molecule has 3 rings (SSSR count). The van der Waals surface area contributed by atoms with E-state index in [-0.39, 0.29) is 24.9 Å². The highest BCUT2D eigenvalue weighted by Gasteiger charge is 2.29. The van der Waals surface area contributed by atoms with Crippen molar-refractivity contribution in [3.63, 3.8) is 0 Å². The Bertz CT molecular complexity index is 833. The quantitative estimate of drug-likeness (QED) is 0.855. The number of likely N-dealkylation sites (tertiary alicyclic amines) is 1. The van der Waals surface area contributed by atoms with Crippen molar-refractivity contribution >= 4 is 17.8 Å². The van der Waals surface area contributed by atoms with Crippen LogP contribution in [0, 0.1) is 5.92 Å². The molecule has 0 radical (unpaired) electrons. The monoisotopic (exact) mass is 370 g/mol. The Hall–Kier alpha value is -3.16. The minimum Gasteiger partial charge on any atom is -0.481 e. The van der Waals surface area contributed by atoms with Crippen molar-refractivity contribution < 1.29 is 19.5 Å². The number of benzene rings is 1. The lowest BCUT2D eigenvalue weighted by Crippen LogP contribution is -2.47. The van der Waals surface area contributed by atoms with Crippen molar-refractivity contribution in [1.82, 2.24) is 19.4 Å². The molecule has 1 saturated heterocycles. The zero-order valence-electron chi connectivity index (χ0n) is 15.1. The minimum atomic E-state index is -0.885. The Morgan fingerprint density at radius 1 is 1.26 bits per heavy atom. The first-order valence-electron chi connectivity index (χ1n) is 8.81. The van der Waals surface area contributed by atoms with Gasteiger partial charge in [0, 0.05) is 25.8 Å². The van der Waals surface area contributed by atoms with Crippen molar-refractivity contribution in [2.45, 2.75) is 12.8 Å². The summed E-state index contributed by atoms with van der Waals surface area (Å²) in [5.41, 5.74) is 1.16. The second-order valence-corrected chi connectivity index (χ2v) is 6.66. The topological polar surface area (TPSA) is 95.7 Å². The smallest absolute Gasteiger partial charge is 0.308 e. The molecule has 0 spiro atoms. The van der Waals surface area contributed by atoms with Crippen LogP contribution in [0.15, 0.2) is 42.9 Å². The summed E-state index contributed by atoms with van der Waals surface area (Å²) < 4.78 is 1.67. The van der Waals surface area contributed by atoms with Crippen molar-refractivity contribution in [2.75, 3.05) is 26.7 Å². The summed E-state index contributed by atoms with van der Waals surface area (Å²) in [7, 11) is 1.56. The van der Waals surface area contributed by atoms with Crippen molar-refractivity contribution in [1.29, 1.82) is 0 Å². The van der Waals surface area contributed by atoms with Gasteiger partial charge in [0.15, 0.2) is 0 Å². The molecule has 8 heteroatoms. The number of rotatable bonds is 5. The second kappa shape index (κ2) is 8.03. The first-order chi connectivity index (χ1) is 13.0. The largest absolute Gasteiger partial charge is 0.481 e. The third-order valence-corrected chi connectivity index (χ3v) is 4.73. The number of para-hydroxylation sites is 1. The van der Waals surface area contributed by atoms with Crippen LogP contribution in [-0.2, 0) is 9.59 Å². The first-order valence-corrected chi connectivity index (χ1v) is 8.81. The van der Waals surface area contributed by atoms with Gasteiger partial charge in [-0.25, -0.2) is 4.98 Å². The second-order valence-electron chi connectivity index (χ2n) is 6.66. The van der Waals surface area contributed by atoms with Crippen LogP contribution in [0.25, 0.3) is 5.69 Å². The molecule has 2 aromatic rings. The fourth-order valence-corrected chi connectivity index (χ4v) is 3.22. The minimum absolute atomic E-state index is 0.106. The van der Waals surface area contributed by atoms with Gasteiger partial charge in [0.05, 0.1) is 25.0 Å². The van der Waals surface area contributed by atoms with Crippen molar-refractivity contribution in [2.24, 2.45) is 5.92 Å². The molecule has 1 N–H and O–H groups in total. The number of piperidine rings is 1. The van der Waals surface area contributed by atoms with Crippen molar-refractivity contribution in [3.05, 3.63) is 48.5 Å². The van der Waals surface area contributed by atoms with Gasteiger partial charge < -0.3 is 14.9 Å². The van der Waals surface area contributed by atoms with Gasteiger partial charge in [0.25, 0.3) is 5.91 Å². The van der Waals surface area contributed by atoms with E-state index in [0.717, 1.165) is 5.69 Å². The highest BCUT2D eigenvalue weighted by Crippen LogP contribution is 2.17. The maximum Gasteiger partial charge on any atom is 0.308 e. The van der Waals surface area contributed by atoms with E-state index in [4.69, 9.17) is 5.11 Å². The molecule has 1 atom stereocenters. The molecule has 0 saturated carbocycles. The Balaban J connectivity index is 1.67. The summed E-state index contributed by atoms with van der Waals surface area (Å²) in [6.07, 6.45) is 4.25. The summed E-state index contributed by atoms with van der Waals surface area (Å²) in [5.74, 6) is -1.99. The first kappa shape index (κ1) is 18.6. The summed E-state index contributed by atoms with van der Waals surface area (Å²) in [4.78, 5) is 43.4. The van der Waals surface area contributed by atoms with Crippen LogP contribution in [0.3, 0.4) is 0 Å². The van der Waals surface area contributed by atoms with Gasteiger partial charge in [-0.2, -0.15) is 0 Å². The van der Waals surface area contributed by atoms with Crippen LogP contribution >= 0.6 is 0 Å². The predicted molar refractivity (Wildman–Crippen MR) is 97.5 cm³/mol. The van der Waals surface area contributed by atoms with Gasteiger partial charge in [0.2, 0.25) is 5.91 Å². The highest BCUT2D eigenvalue weighted by molar-refractivity contribution is 5.95. The number of aromatic nitrogens is 2.